The van der Waals surface area contributed by atoms with E-state index in [9.17, 15) is 4.79 Å². The molecule has 0 fully saturated rings. The maximum atomic E-state index is 12.3. The zero-order chi connectivity index (χ0) is 16.2. The van der Waals surface area contributed by atoms with Gasteiger partial charge in [0, 0.05) is 35.2 Å². The molecule has 2 aromatic heterocycles. The highest BCUT2D eigenvalue weighted by atomic mass is 32.2. The SMILES string of the molecule is Cc1cc2c(SCCC(=O)N(C)c3ccccc3)ncnc2s1. The molecule has 0 unspecified atom stereocenters. The van der Waals surface area contributed by atoms with E-state index in [1.165, 1.54) is 4.88 Å². The Morgan fingerprint density at radius 2 is 2.04 bits per heavy atom. The topological polar surface area (TPSA) is 46.1 Å². The van der Waals surface area contributed by atoms with Crippen LogP contribution in [0, 0.1) is 6.92 Å². The van der Waals surface area contributed by atoms with Gasteiger partial charge in [0.05, 0.1) is 0 Å². The molecule has 2 heterocycles. The quantitative estimate of drug-likeness (QED) is 0.516. The zero-order valence-electron chi connectivity index (χ0n) is 13.0. The summed E-state index contributed by atoms with van der Waals surface area (Å²) >= 11 is 3.28. The van der Waals surface area contributed by atoms with Gasteiger partial charge in [0.15, 0.2) is 0 Å². The highest BCUT2D eigenvalue weighted by molar-refractivity contribution is 7.99. The van der Waals surface area contributed by atoms with Crippen molar-refractivity contribution in [3.63, 3.8) is 0 Å². The van der Waals surface area contributed by atoms with E-state index in [1.54, 1.807) is 34.3 Å². The molecule has 0 atom stereocenters. The van der Waals surface area contributed by atoms with Crippen LogP contribution < -0.4 is 4.90 Å². The lowest BCUT2D eigenvalue weighted by Gasteiger charge is -2.16. The molecule has 3 rings (SSSR count). The number of anilines is 1. The first kappa shape index (κ1) is 16.0. The third-order valence-corrected chi connectivity index (χ3v) is 5.45. The summed E-state index contributed by atoms with van der Waals surface area (Å²) in [6, 6.07) is 11.8. The number of thiophene rings is 1. The van der Waals surface area contributed by atoms with Gasteiger partial charge in [0.1, 0.15) is 16.2 Å². The second-order valence-corrected chi connectivity index (χ2v) is 7.46. The second-order valence-electron chi connectivity index (χ2n) is 5.14. The summed E-state index contributed by atoms with van der Waals surface area (Å²) in [5.74, 6) is 0.812. The molecular formula is C17H17N3OS2. The van der Waals surface area contributed by atoms with E-state index < -0.39 is 0 Å². The van der Waals surface area contributed by atoms with Gasteiger partial charge in [-0.3, -0.25) is 4.79 Å². The molecule has 1 amide bonds. The number of carbonyl (C=O) groups excluding carboxylic acids is 1. The molecule has 0 bridgehead atoms. The Bertz CT molecular complexity index is 817. The van der Waals surface area contributed by atoms with E-state index in [2.05, 4.69) is 23.0 Å². The lowest BCUT2D eigenvalue weighted by Crippen LogP contribution is -2.26. The molecule has 1 aromatic carbocycles. The van der Waals surface area contributed by atoms with Crippen LogP contribution in [0.15, 0.2) is 47.8 Å². The summed E-state index contributed by atoms with van der Waals surface area (Å²) in [4.78, 5) is 24.9. The van der Waals surface area contributed by atoms with Crippen LogP contribution in [0.2, 0.25) is 0 Å². The predicted octanol–water partition coefficient (Wildman–Crippen LogP) is 4.14. The van der Waals surface area contributed by atoms with Crippen molar-refractivity contribution >= 4 is 44.9 Å². The number of aryl methyl sites for hydroxylation is 1. The number of para-hydroxylation sites is 1. The van der Waals surface area contributed by atoms with E-state index in [0.29, 0.717) is 12.2 Å². The van der Waals surface area contributed by atoms with E-state index in [0.717, 1.165) is 20.9 Å². The smallest absolute Gasteiger partial charge is 0.227 e. The van der Waals surface area contributed by atoms with Crippen molar-refractivity contribution in [3.05, 3.63) is 47.6 Å². The molecule has 0 aliphatic carbocycles. The van der Waals surface area contributed by atoms with Crippen LogP contribution in [0.5, 0.6) is 0 Å². The van der Waals surface area contributed by atoms with Crippen molar-refractivity contribution in [3.8, 4) is 0 Å². The van der Waals surface area contributed by atoms with Crippen LogP contribution >= 0.6 is 23.1 Å². The number of rotatable bonds is 5. The molecule has 0 aliphatic heterocycles. The number of amides is 1. The van der Waals surface area contributed by atoms with Crippen molar-refractivity contribution in [2.45, 2.75) is 18.4 Å². The lowest BCUT2D eigenvalue weighted by atomic mass is 10.3. The van der Waals surface area contributed by atoms with Gasteiger partial charge in [-0.05, 0) is 25.1 Å². The Morgan fingerprint density at radius 3 is 2.83 bits per heavy atom. The maximum absolute atomic E-state index is 12.3. The number of carbonyl (C=O) groups is 1. The van der Waals surface area contributed by atoms with Crippen molar-refractivity contribution in [1.29, 1.82) is 0 Å². The van der Waals surface area contributed by atoms with Gasteiger partial charge in [-0.1, -0.05) is 18.2 Å². The Hall–Kier alpha value is -1.92. The van der Waals surface area contributed by atoms with Gasteiger partial charge >= 0.3 is 0 Å². The Kier molecular flexibility index (Phi) is 4.93. The van der Waals surface area contributed by atoms with Gasteiger partial charge in [-0.2, -0.15) is 0 Å². The molecule has 23 heavy (non-hydrogen) atoms. The van der Waals surface area contributed by atoms with Crippen molar-refractivity contribution in [2.24, 2.45) is 0 Å². The van der Waals surface area contributed by atoms with Crippen LogP contribution in [-0.4, -0.2) is 28.7 Å². The molecule has 4 nitrogen and oxygen atoms in total. The molecule has 0 N–H and O–H groups in total. The van der Waals surface area contributed by atoms with Gasteiger partial charge in [0.25, 0.3) is 0 Å². The maximum Gasteiger partial charge on any atom is 0.227 e. The highest BCUT2D eigenvalue weighted by Crippen LogP contribution is 2.30. The number of benzene rings is 1. The van der Waals surface area contributed by atoms with E-state index in [-0.39, 0.29) is 5.91 Å². The van der Waals surface area contributed by atoms with Gasteiger partial charge in [-0.15, -0.1) is 23.1 Å². The van der Waals surface area contributed by atoms with Gasteiger partial charge in [0.2, 0.25) is 5.91 Å². The van der Waals surface area contributed by atoms with Crippen LogP contribution in [-0.2, 0) is 4.79 Å². The lowest BCUT2D eigenvalue weighted by molar-refractivity contribution is -0.117. The fourth-order valence-electron chi connectivity index (χ4n) is 2.27. The first-order valence-corrected chi connectivity index (χ1v) is 9.11. The van der Waals surface area contributed by atoms with E-state index >= 15 is 0 Å². The van der Waals surface area contributed by atoms with Crippen molar-refractivity contribution < 1.29 is 4.79 Å². The van der Waals surface area contributed by atoms with Crippen LogP contribution in [0.25, 0.3) is 10.2 Å². The largest absolute Gasteiger partial charge is 0.315 e. The summed E-state index contributed by atoms with van der Waals surface area (Å²) in [7, 11) is 1.81. The third-order valence-electron chi connectivity index (χ3n) is 3.49. The normalized spacial score (nSPS) is 10.9. The minimum atomic E-state index is 0.107. The molecule has 0 saturated carbocycles. The molecule has 0 radical (unpaired) electrons. The number of nitrogens with zero attached hydrogens (tertiary/aromatic N) is 3. The number of aromatic nitrogens is 2. The molecule has 118 valence electrons. The van der Waals surface area contributed by atoms with Gasteiger partial charge in [-0.25, -0.2) is 9.97 Å². The van der Waals surface area contributed by atoms with Gasteiger partial charge < -0.3 is 4.90 Å². The molecule has 3 aromatic rings. The van der Waals surface area contributed by atoms with E-state index in [1.807, 2.05) is 37.4 Å². The first-order valence-electron chi connectivity index (χ1n) is 7.30. The predicted molar refractivity (Wildman–Crippen MR) is 97.3 cm³/mol. The van der Waals surface area contributed by atoms with Crippen molar-refractivity contribution in [2.75, 3.05) is 17.7 Å². The Morgan fingerprint density at radius 1 is 1.26 bits per heavy atom. The molecule has 0 saturated heterocycles. The highest BCUT2D eigenvalue weighted by Gasteiger charge is 2.12. The number of fused-ring (bicyclic) bond motifs is 1. The number of thioether (sulfide) groups is 1. The summed E-state index contributed by atoms with van der Waals surface area (Å²) in [5.41, 5.74) is 0.917. The molecule has 0 spiro atoms. The van der Waals surface area contributed by atoms with Crippen LogP contribution in [0.4, 0.5) is 5.69 Å². The Balaban J connectivity index is 1.61. The second kappa shape index (κ2) is 7.10. The fraction of sp³-hybridized carbons (Fsp3) is 0.235. The molecule has 6 heteroatoms. The Labute approximate surface area is 143 Å². The van der Waals surface area contributed by atoms with Crippen LogP contribution in [0.1, 0.15) is 11.3 Å². The number of hydrogen-bond acceptors (Lipinski definition) is 5. The summed E-state index contributed by atoms with van der Waals surface area (Å²) in [6.07, 6.45) is 2.07. The van der Waals surface area contributed by atoms with Crippen molar-refractivity contribution in [1.82, 2.24) is 9.97 Å². The number of hydrogen-bond donors (Lipinski definition) is 0. The standard InChI is InChI=1S/C17H17N3OS2/c1-12-10-14-16(18-11-19-17(14)23-12)22-9-8-15(21)20(2)13-6-4-3-5-7-13/h3-7,10-11H,8-9H2,1-2H3. The molecular weight excluding hydrogens is 326 g/mol. The summed E-state index contributed by atoms with van der Waals surface area (Å²) < 4.78 is 0. The minimum absolute atomic E-state index is 0.107. The third kappa shape index (κ3) is 3.71. The minimum Gasteiger partial charge on any atom is -0.315 e. The summed E-state index contributed by atoms with van der Waals surface area (Å²) in [5, 5.41) is 2.04. The first-order chi connectivity index (χ1) is 11.1. The van der Waals surface area contributed by atoms with E-state index in [4.69, 9.17) is 0 Å². The van der Waals surface area contributed by atoms with Crippen LogP contribution in [0.3, 0.4) is 0 Å². The molecule has 0 aliphatic rings. The average molecular weight is 343 g/mol. The fourth-order valence-corrected chi connectivity index (χ4v) is 4.08. The zero-order valence-corrected chi connectivity index (χ0v) is 14.7. The average Bonchev–Trinajstić information content (AvgIpc) is 2.96. The monoisotopic (exact) mass is 343 g/mol. The summed E-state index contributed by atoms with van der Waals surface area (Å²) in [6.45, 7) is 2.07.